The van der Waals surface area contributed by atoms with Crippen molar-refractivity contribution in [3.05, 3.63) is 59.8 Å². The molecule has 0 aliphatic carbocycles. The number of para-hydroxylation sites is 1. The molecule has 0 radical (unpaired) electrons. The van der Waals surface area contributed by atoms with Gasteiger partial charge in [-0.3, -0.25) is 4.79 Å². The van der Waals surface area contributed by atoms with Gasteiger partial charge >= 0.3 is 6.03 Å². The van der Waals surface area contributed by atoms with E-state index in [0.29, 0.717) is 23.5 Å². The quantitative estimate of drug-likeness (QED) is 0.668. The molecular weight excluding hydrogens is 308 g/mol. The number of benzene rings is 2. The zero-order valence-corrected chi connectivity index (χ0v) is 12.8. The van der Waals surface area contributed by atoms with E-state index in [1.165, 1.54) is 0 Å². The monoisotopic (exact) mass is 324 g/mol. The third-order valence-corrected chi connectivity index (χ3v) is 3.49. The van der Waals surface area contributed by atoms with E-state index in [1.54, 1.807) is 24.3 Å². The summed E-state index contributed by atoms with van der Waals surface area (Å²) in [5.74, 6) is -0.145. The Morgan fingerprint density at radius 1 is 1.08 bits per heavy atom. The average Bonchev–Trinajstić information content (AvgIpc) is 2.97. The van der Waals surface area contributed by atoms with E-state index in [-0.39, 0.29) is 12.3 Å². The van der Waals surface area contributed by atoms with E-state index in [1.807, 2.05) is 24.3 Å². The second-order valence-electron chi connectivity index (χ2n) is 5.27. The van der Waals surface area contributed by atoms with Crippen molar-refractivity contribution in [3.8, 4) is 0 Å². The standard InChI is InChI=1S/C17H16N4O3/c18-17(23)20-12-7-5-11(6-8-12)10-19-16(22)9-14-13-3-1-2-4-15(13)24-21-14/h1-8H,9-10H2,(H,19,22)(H3,18,20,23). The first kappa shape index (κ1) is 15.5. The number of aromatic nitrogens is 1. The van der Waals surface area contributed by atoms with Crippen LogP contribution < -0.4 is 16.4 Å². The molecule has 0 aliphatic rings. The van der Waals surface area contributed by atoms with Crippen LogP contribution in [-0.2, 0) is 17.8 Å². The number of urea groups is 1. The van der Waals surface area contributed by atoms with Crippen LogP contribution in [-0.4, -0.2) is 17.1 Å². The molecule has 0 unspecified atom stereocenters. The van der Waals surface area contributed by atoms with Gasteiger partial charge < -0.3 is 20.9 Å². The minimum Gasteiger partial charge on any atom is -0.356 e. The van der Waals surface area contributed by atoms with Gasteiger partial charge in [-0.2, -0.15) is 0 Å². The van der Waals surface area contributed by atoms with Crippen LogP contribution in [0.25, 0.3) is 11.0 Å². The Morgan fingerprint density at radius 2 is 1.83 bits per heavy atom. The molecule has 7 heteroatoms. The Labute approximate surface area is 137 Å². The van der Waals surface area contributed by atoms with Crippen LogP contribution in [0.3, 0.4) is 0 Å². The number of nitrogens with two attached hydrogens (primary N) is 1. The van der Waals surface area contributed by atoms with Gasteiger partial charge in [-0.15, -0.1) is 0 Å². The molecule has 0 saturated carbocycles. The maximum atomic E-state index is 12.1. The van der Waals surface area contributed by atoms with Crippen LogP contribution in [0.4, 0.5) is 10.5 Å². The topological polar surface area (TPSA) is 110 Å². The molecule has 4 N–H and O–H groups in total. The minimum absolute atomic E-state index is 0.145. The maximum Gasteiger partial charge on any atom is 0.316 e. The first-order valence-corrected chi connectivity index (χ1v) is 7.37. The van der Waals surface area contributed by atoms with Crippen molar-refractivity contribution in [2.24, 2.45) is 5.73 Å². The maximum absolute atomic E-state index is 12.1. The Balaban J connectivity index is 1.56. The molecule has 0 spiro atoms. The number of carbonyl (C=O) groups is 2. The molecule has 3 rings (SSSR count). The van der Waals surface area contributed by atoms with Gasteiger partial charge in [0.1, 0.15) is 5.69 Å². The second kappa shape index (κ2) is 6.82. The number of anilines is 1. The second-order valence-corrected chi connectivity index (χ2v) is 5.27. The number of hydrogen-bond acceptors (Lipinski definition) is 4. The lowest BCUT2D eigenvalue weighted by Crippen LogP contribution is -2.24. The van der Waals surface area contributed by atoms with Gasteiger partial charge in [-0.1, -0.05) is 29.4 Å². The van der Waals surface area contributed by atoms with Gasteiger partial charge in [0.2, 0.25) is 5.91 Å². The molecule has 0 atom stereocenters. The first-order valence-electron chi connectivity index (χ1n) is 7.37. The number of nitrogens with zero attached hydrogens (tertiary/aromatic N) is 1. The minimum atomic E-state index is -0.615. The SMILES string of the molecule is NC(=O)Nc1ccc(CNC(=O)Cc2noc3ccccc23)cc1. The Morgan fingerprint density at radius 3 is 2.58 bits per heavy atom. The van der Waals surface area contributed by atoms with Gasteiger partial charge in [-0.25, -0.2) is 4.79 Å². The van der Waals surface area contributed by atoms with Crippen LogP contribution >= 0.6 is 0 Å². The third kappa shape index (κ3) is 3.70. The highest BCUT2D eigenvalue weighted by Crippen LogP contribution is 2.18. The fourth-order valence-corrected chi connectivity index (χ4v) is 2.33. The number of rotatable bonds is 5. The van der Waals surface area contributed by atoms with Crippen LogP contribution in [0, 0.1) is 0 Å². The Bertz CT molecular complexity index is 871. The summed E-state index contributed by atoms with van der Waals surface area (Å²) in [6, 6.07) is 13.8. The number of amides is 3. The van der Waals surface area contributed by atoms with Gasteiger partial charge in [0.15, 0.2) is 5.58 Å². The van der Waals surface area contributed by atoms with Crippen molar-refractivity contribution in [1.29, 1.82) is 0 Å². The van der Waals surface area contributed by atoms with Gasteiger partial charge in [0.25, 0.3) is 0 Å². The normalized spacial score (nSPS) is 10.5. The van der Waals surface area contributed by atoms with Crippen molar-refractivity contribution in [3.63, 3.8) is 0 Å². The largest absolute Gasteiger partial charge is 0.356 e. The van der Waals surface area contributed by atoms with Crippen molar-refractivity contribution >= 4 is 28.6 Å². The fourth-order valence-electron chi connectivity index (χ4n) is 2.33. The smallest absolute Gasteiger partial charge is 0.316 e. The molecule has 7 nitrogen and oxygen atoms in total. The first-order chi connectivity index (χ1) is 11.6. The molecule has 0 aliphatic heterocycles. The summed E-state index contributed by atoms with van der Waals surface area (Å²) in [6.45, 7) is 0.380. The zero-order valence-electron chi connectivity index (χ0n) is 12.8. The lowest BCUT2D eigenvalue weighted by molar-refractivity contribution is -0.120. The summed E-state index contributed by atoms with van der Waals surface area (Å²) in [5, 5.41) is 10.1. The van der Waals surface area contributed by atoms with Crippen molar-refractivity contribution in [2.45, 2.75) is 13.0 Å². The van der Waals surface area contributed by atoms with Crippen molar-refractivity contribution < 1.29 is 14.1 Å². The van der Waals surface area contributed by atoms with E-state index < -0.39 is 6.03 Å². The summed E-state index contributed by atoms with van der Waals surface area (Å²) < 4.78 is 5.18. The van der Waals surface area contributed by atoms with Crippen molar-refractivity contribution in [2.75, 3.05) is 5.32 Å². The van der Waals surface area contributed by atoms with Crippen molar-refractivity contribution in [1.82, 2.24) is 10.5 Å². The average molecular weight is 324 g/mol. The highest BCUT2D eigenvalue weighted by Gasteiger charge is 2.11. The van der Waals surface area contributed by atoms with Gasteiger partial charge in [0.05, 0.1) is 6.42 Å². The fraction of sp³-hybridized carbons (Fsp3) is 0.118. The molecule has 1 aromatic heterocycles. The summed E-state index contributed by atoms with van der Waals surface area (Å²) in [4.78, 5) is 22.8. The molecule has 1 heterocycles. The molecular formula is C17H16N4O3. The Kier molecular flexibility index (Phi) is 4.42. The van der Waals surface area contributed by atoms with Crippen LogP contribution in [0.1, 0.15) is 11.3 Å². The summed E-state index contributed by atoms with van der Waals surface area (Å²) in [5.41, 5.74) is 7.83. The number of hydrogen-bond donors (Lipinski definition) is 3. The van der Waals surface area contributed by atoms with Gasteiger partial charge in [0, 0.05) is 17.6 Å². The summed E-state index contributed by atoms with van der Waals surface area (Å²) in [7, 11) is 0. The number of fused-ring (bicyclic) bond motifs is 1. The predicted molar refractivity (Wildman–Crippen MR) is 89.2 cm³/mol. The highest BCUT2D eigenvalue weighted by atomic mass is 16.5. The van der Waals surface area contributed by atoms with Crippen LogP contribution in [0.5, 0.6) is 0 Å². The van der Waals surface area contributed by atoms with E-state index in [9.17, 15) is 9.59 Å². The molecule has 3 amide bonds. The molecule has 0 saturated heterocycles. The number of nitrogens with one attached hydrogen (secondary N) is 2. The highest BCUT2D eigenvalue weighted by molar-refractivity contribution is 5.88. The molecule has 3 aromatic rings. The molecule has 122 valence electrons. The molecule has 2 aromatic carbocycles. The lowest BCUT2D eigenvalue weighted by atomic mass is 10.1. The summed E-state index contributed by atoms with van der Waals surface area (Å²) >= 11 is 0. The third-order valence-electron chi connectivity index (χ3n) is 3.49. The molecule has 0 bridgehead atoms. The van der Waals surface area contributed by atoms with Crippen LogP contribution in [0.2, 0.25) is 0 Å². The van der Waals surface area contributed by atoms with Gasteiger partial charge in [-0.05, 0) is 29.8 Å². The molecule has 24 heavy (non-hydrogen) atoms. The summed E-state index contributed by atoms with van der Waals surface area (Å²) in [6.07, 6.45) is 0.151. The van der Waals surface area contributed by atoms with E-state index in [0.717, 1.165) is 10.9 Å². The molecule has 0 fully saturated rings. The number of carbonyl (C=O) groups excluding carboxylic acids is 2. The van der Waals surface area contributed by atoms with E-state index in [4.69, 9.17) is 10.3 Å². The van der Waals surface area contributed by atoms with E-state index in [2.05, 4.69) is 15.8 Å². The van der Waals surface area contributed by atoms with Crippen LogP contribution in [0.15, 0.2) is 53.1 Å². The predicted octanol–water partition coefficient (Wildman–Crippen LogP) is 2.18. The lowest BCUT2D eigenvalue weighted by Gasteiger charge is -2.06. The number of primary amides is 1. The zero-order chi connectivity index (χ0) is 16.9. The van der Waals surface area contributed by atoms with E-state index >= 15 is 0 Å². The Hall–Kier alpha value is -3.35.